The van der Waals surface area contributed by atoms with Crippen molar-refractivity contribution in [1.82, 2.24) is 0 Å². The fraction of sp³-hybridized carbons (Fsp3) is 0.333. The fourth-order valence-electron chi connectivity index (χ4n) is 3.53. The van der Waals surface area contributed by atoms with E-state index in [1.54, 1.807) is 6.07 Å². The minimum absolute atomic E-state index is 0.00591. The Balaban J connectivity index is 2.05. The highest BCUT2D eigenvalue weighted by Crippen LogP contribution is 2.39. The van der Waals surface area contributed by atoms with Crippen molar-refractivity contribution >= 4 is 35.0 Å². The average Bonchev–Trinajstić information content (AvgIpc) is 3.40. The third kappa shape index (κ3) is 6.29. The largest absolute Gasteiger partial charge is 0.505 e. The second kappa shape index (κ2) is 11.0. The van der Waals surface area contributed by atoms with Gasteiger partial charge >= 0.3 is 5.97 Å². The molecule has 0 aliphatic rings. The predicted molar refractivity (Wildman–Crippen MR) is 147 cm³/mol. The first kappa shape index (κ1) is 26.4. The van der Waals surface area contributed by atoms with Crippen LogP contribution >= 0.6 is 11.3 Å². The summed E-state index contributed by atoms with van der Waals surface area (Å²) < 4.78 is 5.96. The van der Waals surface area contributed by atoms with Gasteiger partial charge in [-0.1, -0.05) is 77.9 Å². The summed E-state index contributed by atoms with van der Waals surface area (Å²) in [6.45, 7) is 13.0. The van der Waals surface area contributed by atoms with Crippen molar-refractivity contribution in [2.75, 3.05) is 0 Å². The first-order valence-electron chi connectivity index (χ1n) is 12.0. The minimum atomic E-state index is -0.647. The number of nitrogens with zero attached hydrogens (tertiary/aromatic N) is 1. The van der Waals surface area contributed by atoms with E-state index in [0.717, 1.165) is 18.4 Å². The van der Waals surface area contributed by atoms with Crippen LogP contribution in [0, 0.1) is 0 Å². The number of carbonyl (C=O) groups excluding carboxylic acids is 1. The van der Waals surface area contributed by atoms with Crippen LogP contribution in [0.4, 0.5) is 5.69 Å². The van der Waals surface area contributed by atoms with Crippen LogP contribution < -0.4 is 4.74 Å². The Labute approximate surface area is 213 Å². The molecule has 0 bridgehead atoms. The van der Waals surface area contributed by atoms with Crippen LogP contribution in [0.3, 0.4) is 0 Å². The maximum Gasteiger partial charge on any atom is 0.348 e. The first-order valence-corrected chi connectivity index (χ1v) is 12.9. The van der Waals surface area contributed by atoms with Gasteiger partial charge < -0.3 is 9.84 Å². The molecule has 1 N–H and O–H groups in total. The number of aliphatic hydroxyl groups excluding tert-OH is 1. The van der Waals surface area contributed by atoms with Gasteiger partial charge in [-0.3, -0.25) is 4.99 Å². The normalized spacial score (nSPS) is 13.1. The van der Waals surface area contributed by atoms with Gasteiger partial charge in [0.15, 0.2) is 0 Å². The smallest absolute Gasteiger partial charge is 0.348 e. The van der Waals surface area contributed by atoms with E-state index in [0.29, 0.717) is 16.3 Å². The molecule has 0 unspecified atom stereocenters. The molecular formula is C30H35NO3S. The highest BCUT2D eigenvalue weighted by molar-refractivity contribution is 7.11. The van der Waals surface area contributed by atoms with Gasteiger partial charge in [0, 0.05) is 11.8 Å². The molecule has 0 saturated carbocycles. The molecule has 0 spiro atoms. The zero-order chi connectivity index (χ0) is 25.6. The van der Waals surface area contributed by atoms with Gasteiger partial charge in [-0.2, -0.15) is 0 Å². The van der Waals surface area contributed by atoms with Gasteiger partial charge in [0.1, 0.15) is 17.1 Å². The molecule has 5 heteroatoms. The van der Waals surface area contributed by atoms with E-state index in [2.05, 4.69) is 52.6 Å². The number of para-hydroxylation sites is 1. The maximum absolute atomic E-state index is 13.4. The lowest BCUT2D eigenvalue weighted by atomic mass is 9.76. The molecule has 1 aromatic heterocycles. The van der Waals surface area contributed by atoms with Crippen LogP contribution in [-0.2, 0) is 15.6 Å². The molecule has 0 fully saturated rings. The third-order valence-corrected chi connectivity index (χ3v) is 7.67. The number of hydrogen-bond donors (Lipinski definition) is 1. The van der Waals surface area contributed by atoms with Crippen LogP contribution in [0.1, 0.15) is 70.4 Å². The van der Waals surface area contributed by atoms with Gasteiger partial charge in [-0.25, -0.2) is 4.79 Å². The van der Waals surface area contributed by atoms with Crippen LogP contribution in [-0.4, -0.2) is 17.3 Å². The summed E-state index contributed by atoms with van der Waals surface area (Å²) in [6, 6.07) is 18.9. The molecule has 0 amide bonds. The Kier molecular flexibility index (Phi) is 8.34. The number of hydrogen-bond acceptors (Lipinski definition) is 5. The van der Waals surface area contributed by atoms with Gasteiger partial charge in [0.2, 0.25) is 0 Å². The molecular weight excluding hydrogens is 454 g/mol. The Hall–Kier alpha value is -3.18. The monoisotopic (exact) mass is 489 g/mol. The minimum Gasteiger partial charge on any atom is -0.505 e. The number of benzene rings is 2. The maximum atomic E-state index is 13.4. The van der Waals surface area contributed by atoms with E-state index in [-0.39, 0.29) is 22.2 Å². The quantitative estimate of drug-likeness (QED) is 0.108. The molecule has 184 valence electrons. The van der Waals surface area contributed by atoms with E-state index >= 15 is 0 Å². The average molecular weight is 490 g/mol. The SMILES string of the molecule is CCC(C)(C)c1ccc(OC(=O)/C(C=Nc2ccccc2)=C(\O)c2cccs2)c(C(C)(C)CC)c1. The summed E-state index contributed by atoms with van der Waals surface area (Å²) in [5.74, 6) is -0.293. The number of carbonyl (C=O) groups is 1. The molecule has 4 nitrogen and oxygen atoms in total. The molecule has 2 aromatic carbocycles. The third-order valence-electron chi connectivity index (χ3n) is 6.79. The van der Waals surface area contributed by atoms with Crippen molar-refractivity contribution in [2.45, 2.75) is 65.2 Å². The van der Waals surface area contributed by atoms with Crippen LogP contribution in [0.5, 0.6) is 5.75 Å². The molecule has 0 aliphatic carbocycles. The van der Waals surface area contributed by atoms with Crippen molar-refractivity contribution in [1.29, 1.82) is 0 Å². The predicted octanol–water partition coefficient (Wildman–Crippen LogP) is 8.40. The van der Waals surface area contributed by atoms with Crippen molar-refractivity contribution in [2.24, 2.45) is 4.99 Å². The molecule has 0 saturated heterocycles. The van der Waals surface area contributed by atoms with E-state index in [4.69, 9.17) is 4.74 Å². The fourth-order valence-corrected chi connectivity index (χ4v) is 4.21. The van der Waals surface area contributed by atoms with E-state index in [1.807, 2.05) is 53.9 Å². The molecule has 35 heavy (non-hydrogen) atoms. The molecule has 1 heterocycles. The lowest BCUT2D eigenvalue weighted by Gasteiger charge is -2.30. The summed E-state index contributed by atoms with van der Waals surface area (Å²) >= 11 is 1.35. The zero-order valence-corrected chi connectivity index (χ0v) is 22.3. The van der Waals surface area contributed by atoms with E-state index < -0.39 is 5.97 Å². The van der Waals surface area contributed by atoms with Crippen LogP contribution in [0.2, 0.25) is 0 Å². The lowest BCUT2D eigenvalue weighted by molar-refractivity contribution is -0.129. The number of rotatable bonds is 9. The van der Waals surface area contributed by atoms with Crippen LogP contribution in [0.25, 0.3) is 5.76 Å². The van der Waals surface area contributed by atoms with E-state index in [9.17, 15) is 9.90 Å². The highest BCUT2D eigenvalue weighted by Gasteiger charge is 2.28. The van der Waals surface area contributed by atoms with Crippen molar-refractivity contribution in [3.05, 3.63) is 87.6 Å². The summed E-state index contributed by atoms with van der Waals surface area (Å²) in [5, 5.41) is 12.8. The molecule has 0 radical (unpaired) electrons. The number of aliphatic imine (C=N–C) groups is 1. The zero-order valence-electron chi connectivity index (χ0n) is 21.5. The Morgan fingerprint density at radius 1 is 0.971 bits per heavy atom. The van der Waals surface area contributed by atoms with E-state index in [1.165, 1.54) is 23.1 Å². The Morgan fingerprint density at radius 3 is 2.26 bits per heavy atom. The molecule has 3 rings (SSSR count). The Morgan fingerprint density at radius 2 is 1.66 bits per heavy atom. The molecule has 3 aromatic rings. The lowest BCUT2D eigenvalue weighted by Crippen LogP contribution is -2.23. The molecule has 0 atom stereocenters. The second-order valence-corrected chi connectivity index (χ2v) is 10.9. The number of ether oxygens (including phenoxy) is 1. The summed E-state index contributed by atoms with van der Waals surface area (Å²) in [5.41, 5.74) is 2.67. The van der Waals surface area contributed by atoms with Gasteiger partial charge in [-0.05, 0) is 58.9 Å². The standard InChI is InChI=1S/C30H35NO3S/c1-7-29(3,4)21-16-17-25(24(19-21)30(5,6)8-2)34-28(33)23(27(32)26-15-12-18-35-26)20-31-22-13-10-9-11-14-22/h9-20,32H,7-8H2,1-6H3/b27-23-,31-20?. The topological polar surface area (TPSA) is 58.9 Å². The highest BCUT2D eigenvalue weighted by atomic mass is 32.1. The second-order valence-electron chi connectivity index (χ2n) is 9.91. The summed E-state index contributed by atoms with van der Waals surface area (Å²) in [6.07, 6.45) is 3.26. The molecule has 0 aliphatic heterocycles. The van der Waals surface area contributed by atoms with Gasteiger partial charge in [0.05, 0.1) is 10.6 Å². The number of aliphatic hydroxyl groups is 1. The Bertz CT molecular complexity index is 1210. The van der Waals surface area contributed by atoms with Crippen molar-refractivity contribution in [3.8, 4) is 5.75 Å². The van der Waals surface area contributed by atoms with Crippen molar-refractivity contribution in [3.63, 3.8) is 0 Å². The van der Waals surface area contributed by atoms with Crippen molar-refractivity contribution < 1.29 is 14.6 Å². The summed E-state index contributed by atoms with van der Waals surface area (Å²) in [4.78, 5) is 18.4. The van der Waals surface area contributed by atoms with Crippen LogP contribution in [0.15, 0.2) is 76.6 Å². The van der Waals surface area contributed by atoms with Gasteiger partial charge in [-0.15, -0.1) is 11.3 Å². The first-order chi connectivity index (χ1) is 16.6. The van der Waals surface area contributed by atoms with Gasteiger partial charge in [0.25, 0.3) is 0 Å². The summed E-state index contributed by atoms with van der Waals surface area (Å²) in [7, 11) is 0. The number of esters is 1. The number of thiophene rings is 1.